The third-order valence-corrected chi connectivity index (χ3v) is 0.788. The van der Waals surface area contributed by atoms with E-state index in [-0.39, 0.29) is 5.76 Å². The van der Waals surface area contributed by atoms with Crippen LogP contribution in [0.15, 0.2) is 16.7 Å². The van der Waals surface area contributed by atoms with Crippen molar-refractivity contribution in [2.75, 3.05) is 5.73 Å². The normalized spacial score (nSPS) is 9.00. The lowest BCUT2D eigenvalue weighted by Gasteiger charge is -1.78. The first-order valence-corrected chi connectivity index (χ1v) is 2.05. The van der Waals surface area contributed by atoms with E-state index in [0.717, 1.165) is 0 Å². The fourth-order valence-corrected chi connectivity index (χ4v) is 0.402. The topological polar surface area (TPSA) is 56.2 Å². The van der Waals surface area contributed by atoms with Gasteiger partial charge in [-0.05, 0) is 0 Å². The molecule has 3 heteroatoms. The molecule has 0 unspecified atom stereocenters. The van der Waals surface area contributed by atoms with Gasteiger partial charge in [-0.15, -0.1) is 0 Å². The Balaban J connectivity index is 3.09. The number of carbonyl (C=O) groups excluding carboxylic acids is 1. The van der Waals surface area contributed by atoms with E-state index in [1.807, 2.05) is 0 Å². The minimum absolute atomic E-state index is 0.0741. The molecule has 0 saturated heterocycles. The molecule has 0 aliphatic heterocycles. The standard InChI is InChI=1S/C5H4NO2/c6-4-1-2-8-5(4)3-7/h1-2H,6H2. The highest BCUT2D eigenvalue weighted by Crippen LogP contribution is 2.07. The van der Waals surface area contributed by atoms with E-state index < -0.39 is 0 Å². The zero-order valence-corrected chi connectivity index (χ0v) is 4.05. The second kappa shape index (κ2) is 1.69. The van der Waals surface area contributed by atoms with Crippen molar-refractivity contribution in [3.05, 3.63) is 18.1 Å². The predicted octanol–water partition coefficient (Wildman–Crippen LogP) is 0.320. The van der Waals surface area contributed by atoms with Gasteiger partial charge < -0.3 is 10.2 Å². The Labute approximate surface area is 46.1 Å². The molecule has 3 nitrogen and oxygen atoms in total. The Bertz CT molecular complexity index is 192. The monoisotopic (exact) mass is 110 g/mol. The lowest BCUT2D eigenvalue weighted by atomic mass is 10.4. The summed E-state index contributed by atoms with van der Waals surface area (Å²) in [5, 5.41) is 0. The summed E-state index contributed by atoms with van der Waals surface area (Å²) >= 11 is 0. The highest BCUT2D eigenvalue weighted by molar-refractivity contribution is 5.79. The van der Waals surface area contributed by atoms with Gasteiger partial charge >= 0.3 is 0 Å². The molecule has 0 atom stereocenters. The smallest absolute Gasteiger partial charge is 0.274 e. The van der Waals surface area contributed by atoms with Crippen molar-refractivity contribution in [3.8, 4) is 0 Å². The molecule has 0 saturated carbocycles. The maximum atomic E-state index is 9.79. The quantitative estimate of drug-likeness (QED) is 0.566. The zero-order valence-electron chi connectivity index (χ0n) is 4.05. The molecule has 1 aromatic heterocycles. The van der Waals surface area contributed by atoms with E-state index in [4.69, 9.17) is 5.73 Å². The van der Waals surface area contributed by atoms with Crippen LogP contribution < -0.4 is 5.73 Å². The van der Waals surface area contributed by atoms with Crippen LogP contribution in [0.1, 0.15) is 5.76 Å². The summed E-state index contributed by atoms with van der Waals surface area (Å²) in [5.74, 6) is 0.0741. The molecule has 0 aliphatic rings. The fraction of sp³-hybridized carbons (Fsp3) is 0. The van der Waals surface area contributed by atoms with Crippen molar-refractivity contribution >= 4 is 12.0 Å². The van der Waals surface area contributed by atoms with E-state index in [1.165, 1.54) is 18.6 Å². The number of rotatable bonds is 1. The average molecular weight is 110 g/mol. The van der Waals surface area contributed by atoms with Gasteiger partial charge in [-0.3, -0.25) is 4.79 Å². The van der Waals surface area contributed by atoms with Crippen molar-refractivity contribution in [1.29, 1.82) is 0 Å². The second-order valence-corrected chi connectivity index (χ2v) is 1.31. The van der Waals surface area contributed by atoms with Gasteiger partial charge in [0, 0.05) is 6.07 Å². The van der Waals surface area contributed by atoms with Crippen molar-refractivity contribution in [2.24, 2.45) is 0 Å². The molecule has 0 aliphatic carbocycles. The summed E-state index contributed by atoms with van der Waals surface area (Å²) < 4.78 is 4.56. The number of nitrogen functional groups attached to an aromatic ring is 1. The Morgan fingerprint density at radius 3 is 2.75 bits per heavy atom. The number of furan rings is 1. The third kappa shape index (κ3) is 0.578. The summed E-state index contributed by atoms with van der Waals surface area (Å²) in [6.07, 6.45) is 2.88. The van der Waals surface area contributed by atoms with Gasteiger partial charge in [-0.25, -0.2) is 0 Å². The Kier molecular flexibility index (Phi) is 1.04. The summed E-state index contributed by atoms with van der Waals surface area (Å²) in [5.41, 5.74) is 5.53. The van der Waals surface area contributed by atoms with Crippen LogP contribution in [0.25, 0.3) is 0 Å². The Morgan fingerprint density at radius 2 is 2.50 bits per heavy atom. The van der Waals surface area contributed by atoms with Crippen LogP contribution >= 0.6 is 0 Å². The van der Waals surface area contributed by atoms with Crippen LogP contribution in [-0.2, 0) is 4.79 Å². The molecule has 1 radical (unpaired) electrons. The van der Waals surface area contributed by atoms with Crippen molar-refractivity contribution in [2.45, 2.75) is 0 Å². The largest absolute Gasteiger partial charge is 0.458 e. The predicted molar refractivity (Wildman–Crippen MR) is 27.9 cm³/mol. The van der Waals surface area contributed by atoms with Crippen LogP contribution in [0, 0.1) is 0 Å². The molecular weight excluding hydrogens is 106 g/mol. The van der Waals surface area contributed by atoms with Crippen LogP contribution in [0.3, 0.4) is 0 Å². The maximum absolute atomic E-state index is 9.79. The first-order chi connectivity index (χ1) is 3.84. The number of anilines is 1. The highest BCUT2D eigenvalue weighted by atomic mass is 16.3. The molecule has 0 spiro atoms. The SMILES string of the molecule is Nc1ccoc1[C]=O. The molecule has 0 fully saturated rings. The molecule has 0 bridgehead atoms. The van der Waals surface area contributed by atoms with Gasteiger partial charge in [0.05, 0.1) is 12.0 Å². The fourth-order valence-electron chi connectivity index (χ4n) is 0.402. The van der Waals surface area contributed by atoms with Crippen LogP contribution in [-0.4, -0.2) is 6.29 Å². The Morgan fingerprint density at radius 1 is 1.75 bits per heavy atom. The third-order valence-electron chi connectivity index (χ3n) is 0.788. The summed E-state index contributed by atoms with van der Waals surface area (Å²) in [6, 6.07) is 1.50. The van der Waals surface area contributed by atoms with Crippen LogP contribution in [0.2, 0.25) is 0 Å². The molecule has 1 heterocycles. The van der Waals surface area contributed by atoms with Gasteiger partial charge in [0.25, 0.3) is 6.29 Å². The van der Waals surface area contributed by atoms with Gasteiger partial charge in [0.1, 0.15) is 0 Å². The zero-order chi connectivity index (χ0) is 5.98. The van der Waals surface area contributed by atoms with E-state index in [1.54, 1.807) is 0 Å². The van der Waals surface area contributed by atoms with E-state index in [0.29, 0.717) is 5.69 Å². The summed E-state index contributed by atoms with van der Waals surface area (Å²) in [6.45, 7) is 0. The van der Waals surface area contributed by atoms with E-state index >= 15 is 0 Å². The molecule has 1 aromatic rings. The molecular formula is C5H4NO2. The Hall–Kier alpha value is -1.25. The molecule has 1 rings (SSSR count). The van der Waals surface area contributed by atoms with E-state index in [9.17, 15) is 4.79 Å². The van der Waals surface area contributed by atoms with Gasteiger partial charge in [-0.1, -0.05) is 0 Å². The maximum Gasteiger partial charge on any atom is 0.274 e. The van der Waals surface area contributed by atoms with Crippen molar-refractivity contribution < 1.29 is 9.21 Å². The van der Waals surface area contributed by atoms with Crippen LogP contribution in [0.4, 0.5) is 5.69 Å². The lowest BCUT2D eigenvalue weighted by molar-refractivity contribution is 0.519. The lowest BCUT2D eigenvalue weighted by Crippen LogP contribution is -1.85. The molecule has 0 aromatic carbocycles. The average Bonchev–Trinajstić information content (AvgIpc) is 2.14. The van der Waals surface area contributed by atoms with Crippen LogP contribution in [0.5, 0.6) is 0 Å². The van der Waals surface area contributed by atoms with Crippen molar-refractivity contribution in [3.63, 3.8) is 0 Å². The molecule has 0 amide bonds. The minimum atomic E-state index is 0.0741. The first kappa shape index (κ1) is 4.90. The second-order valence-electron chi connectivity index (χ2n) is 1.31. The van der Waals surface area contributed by atoms with Gasteiger partial charge in [0.15, 0.2) is 0 Å². The molecule has 41 valence electrons. The molecule has 2 N–H and O–H groups in total. The number of hydrogen-bond donors (Lipinski definition) is 1. The number of nitrogens with two attached hydrogens (primary N) is 1. The van der Waals surface area contributed by atoms with Crippen molar-refractivity contribution in [1.82, 2.24) is 0 Å². The minimum Gasteiger partial charge on any atom is -0.458 e. The summed E-state index contributed by atoms with van der Waals surface area (Å²) in [4.78, 5) is 9.79. The highest BCUT2D eigenvalue weighted by Gasteiger charge is 1.98. The molecule has 8 heavy (non-hydrogen) atoms. The number of hydrogen-bond acceptors (Lipinski definition) is 3. The first-order valence-electron chi connectivity index (χ1n) is 2.05. The van der Waals surface area contributed by atoms with Gasteiger partial charge in [-0.2, -0.15) is 0 Å². The summed E-state index contributed by atoms with van der Waals surface area (Å²) in [7, 11) is 0. The van der Waals surface area contributed by atoms with E-state index in [2.05, 4.69) is 4.42 Å². The van der Waals surface area contributed by atoms with Gasteiger partial charge in [0.2, 0.25) is 5.76 Å².